The van der Waals surface area contributed by atoms with E-state index >= 15 is 0 Å². The second-order valence-corrected chi connectivity index (χ2v) is 6.88. The third-order valence-electron chi connectivity index (χ3n) is 4.73. The van der Waals surface area contributed by atoms with Crippen LogP contribution in [0.4, 0.5) is 11.5 Å². The predicted octanol–water partition coefficient (Wildman–Crippen LogP) is 5.12. The lowest BCUT2D eigenvalue weighted by atomic mass is 10.1. The highest BCUT2D eigenvalue weighted by Crippen LogP contribution is 2.37. The number of rotatable bonds is 3. The van der Waals surface area contributed by atoms with E-state index in [1.54, 1.807) is 23.2 Å². The Morgan fingerprint density at radius 2 is 1.85 bits per heavy atom. The molecule has 0 unspecified atom stereocenters. The van der Waals surface area contributed by atoms with Crippen LogP contribution in [0.15, 0.2) is 60.8 Å². The van der Waals surface area contributed by atoms with Gasteiger partial charge in [-0.1, -0.05) is 35.9 Å². The Kier molecular flexibility index (Phi) is 4.13. The summed E-state index contributed by atoms with van der Waals surface area (Å²) in [6.45, 7) is 4.16. The molecule has 0 radical (unpaired) electrons. The molecule has 1 aliphatic heterocycles. The van der Waals surface area contributed by atoms with E-state index in [2.05, 4.69) is 36.3 Å². The van der Waals surface area contributed by atoms with Gasteiger partial charge in [0.25, 0.3) is 5.91 Å². The lowest BCUT2D eigenvalue weighted by Crippen LogP contribution is -2.32. The molecule has 2 aromatic carbocycles. The molecule has 0 saturated heterocycles. The van der Waals surface area contributed by atoms with Gasteiger partial charge in [0, 0.05) is 23.0 Å². The molecule has 0 bridgehead atoms. The lowest BCUT2D eigenvalue weighted by molar-refractivity contribution is 0.0992. The van der Waals surface area contributed by atoms with Crippen molar-refractivity contribution >= 4 is 29.0 Å². The molecule has 130 valence electrons. The van der Waals surface area contributed by atoms with E-state index in [1.165, 1.54) is 11.1 Å². The van der Waals surface area contributed by atoms with E-state index in [9.17, 15) is 4.79 Å². The van der Waals surface area contributed by atoms with E-state index in [1.807, 2.05) is 30.3 Å². The third-order valence-corrected chi connectivity index (χ3v) is 4.96. The Morgan fingerprint density at radius 3 is 2.58 bits per heavy atom. The maximum Gasteiger partial charge on any atom is 0.261 e. The average molecular weight is 364 g/mol. The fourth-order valence-corrected chi connectivity index (χ4v) is 3.31. The molecule has 5 heteroatoms. The largest absolute Gasteiger partial charge is 0.361 e. The van der Waals surface area contributed by atoms with Crippen LogP contribution >= 0.6 is 11.6 Å². The molecular formula is C21H18ClN3O. The van der Waals surface area contributed by atoms with Gasteiger partial charge in [-0.3, -0.25) is 9.69 Å². The summed E-state index contributed by atoms with van der Waals surface area (Å²) in [5.74, 6) is 0.494. The van der Waals surface area contributed by atoms with Crippen LogP contribution in [0, 0.1) is 13.8 Å². The van der Waals surface area contributed by atoms with Crippen LogP contribution in [-0.4, -0.2) is 10.9 Å². The van der Waals surface area contributed by atoms with Gasteiger partial charge in [-0.15, -0.1) is 0 Å². The minimum absolute atomic E-state index is 0.0724. The van der Waals surface area contributed by atoms with Crippen LogP contribution in [-0.2, 0) is 0 Å². The van der Waals surface area contributed by atoms with E-state index < -0.39 is 0 Å². The first kappa shape index (κ1) is 16.6. The SMILES string of the molecule is Cc1ccc(N[C@@H]2c3ccccc3C(=O)N2c2ccc(Cl)cn2)cc1C. The molecule has 4 rings (SSSR count). The van der Waals surface area contributed by atoms with Gasteiger partial charge < -0.3 is 5.32 Å². The lowest BCUT2D eigenvalue weighted by Gasteiger charge is -2.26. The molecule has 0 spiro atoms. The number of carbonyl (C=O) groups is 1. The maximum atomic E-state index is 13.0. The molecule has 0 saturated carbocycles. The number of pyridine rings is 1. The zero-order valence-electron chi connectivity index (χ0n) is 14.5. The smallest absolute Gasteiger partial charge is 0.261 e. The number of hydrogen-bond acceptors (Lipinski definition) is 3. The number of carbonyl (C=O) groups excluding carboxylic acids is 1. The number of nitrogens with zero attached hydrogens (tertiary/aromatic N) is 2. The summed E-state index contributed by atoms with van der Waals surface area (Å²) in [5, 5.41) is 4.03. The molecule has 4 nitrogen and oxygen atoms in total. The quantitative estimate of drug-likeness (QED) is 0.702. The second kappa shape index (κ2) is 6.46. The number of benzene rings is 2. The first-order chi connectivity index (χ1) is 12.5. The summed E-state index contributed by atoms with van der Waals surface area (Å²) >= 11 is 5.96. The van der Waals surface area contributed by atoms with Crippen LogP contribution in [0.5, 0.6) is 0 Å². The molecule has 26 heavy (non-hydrogen) atoms. The van der Waals surface area contributed by atoms with E-state index in [0.29, 0.717) is 16.4 Å². The van der Waals surface area contributed by atoms with Crippen LogP contribution in [0.3, 0.4) is 0 Å². The molecule has 3 aromatic rings. The Morgan fingerprint density at radius 1 is 1.04 bits per heavy atom. The molecule has 1 atom stereocenters. The van der Waals surface area contributed by atoms with Crippen molar-refractivity contribution in [1.29, 1.82) is 0 Å². The fraction of sp³-hybridized carbons (Fsp3) is 0.143. The van der Waals surface area contributed by atoms with Crippen molar-refractivity contribution < 1.29 is 4.79 Å². The van der Waals surface area contributed by atoms with Gasteiger partial charge in [0.2, 0.25) is 0 Å². The Balaban J connectivity index is 1.77. The number of amides is 1. The van der Waals surface area contributed by atoms with Gasteiger partial charge in [0.15, 0.2) is 0 Å². The third kappa shape index (κ3) is 2.82. The first-order valence-electron chi connectivity index (χ1n) is 8.42. The van der Waals surface area contributed by atoms with Gasteiger partial charge >= 0.3 is 0 Å². The van der Waals surface area contributed by atoms with Gasteiger partial charge in [-0.05, 0) is 55.3 Å². The zero-order chi connectivity index (χ0) is 18.3. The molecule has 1 amide bonds. The summed E-state index contributed by atoms with van der Waals surface area (Å²) in [6.07, 6.45) is 1.23. The zero-order valence-corrected chi connectivity index (χ0v) is 15.3. The van der Waals surface area contributed by atoms with E-state index in [0.717, 1.165) is 11.3 Å². The minimum Gasteiger partial charge on any atom is -0.361 e. The minimum atomic E-state index is -0.325. The molecule has 0 aliphatic carbocycles. The van der Waals surface area contributed by atoms with Crippen LogP contribution in [0.1, 0.15) is 33.2 Å². The summed E-state index contributed by atoms with van der Waals surface area (Å²) in [4.78, 5) is 19.0. The van der Waals surface area contributed by atoms with Crippen molar-refractivity contribution in [1.82, 2.24) is 4.98 Å². The fourth-order valence-electron chi connectivity index (χ4n) is 3.19. The van der Waals surface area contributed by atoms with Crippen LogP contribution < -0.4 is 10.2 Å². The monoisotopic (exact) mass is 363 g/mol. The Labute approximate surface area is 157 Å². The molecule has 2 heterocycles. The number of aromatic nitrogens is 1. The van der Waals surface area contributed by atoms with Crippen molar-refractivity contribution in [2.24, 2.45) is 0 Å². The molecule has 0 fully saturated rings. The number of halogens is 1. The van der Waals surface area contributed by atoms with Crippen molar-refractivity contribution in [3.63, 3.8) is 0 Å². The number of hydrogen-bond donors (Lipinski definition) is 1. The van der Waals surface area contributed by atoms with Gasteiger partial charge in [-0.25, -0.2) is 4.98 Å². The van der Waals surface area contributed by atoms with E-state index in [4.69, 9.17) is 11.6 Å². The van der Waals surface area contributed by atoms with Gasteiger partial charge in [0.1, 0.15) is 12.0 Å². The van der Waals surface area contributed by atoms with E-state index in [-0.39, 0.29) is 12.1 Å². The molecular weight excluding hydrogens is 346 g/mol. The summed E-state index contributed by atoms with van der Waals surface area (Å²) in [6, 6.07) is 17.3. The standard InChI is InChI=1S/C21H18ClN3O/c1-13-7-9-16(11-14(13)2)24-20-17-5-3-4-6-18(17)21(26)25(20)19-10-8-15(22)12-23-19/h3-12,20,24H,1-2H3/t20-/m0/s1. The Bertz CT molecular complexity index is 985. The molecule has 1 aromatic heterocycles. The highest BCUT2D eigenvalue weighted by atomic mass is 35.5. The van der Waals surface area contributed by atoms with Gasteiger partial charge in [0.05, 0.1) is 5.02 Å². The van der Waals surface area contributed by atoms with Crippen molar-refractivity contribution in [3.8, 4) is 0 Å². The highest BCUT2D eigenvalue weighted by Gasteiger charge is 2.38. The molecule has 1 N–H and O–H groups in total. The summed E-state index contributed by atoms with van der Waals surface area (Å²) < 4.78 is 0. The first-order valence-corrected chi connectivity index (χ1v) is 8.80. The topological polar surface area (TPSA) is 45.2 Å². The predicted molar refractivity (Wildman–Crippen MR) is 105 cm³/mol. The second-order valence-electron chi connectivity index (χ2n) is 6.44. The summed E-state index contributed by atoms with van der Waals surface area (Å²) in [7, 11) is 0. The average Bonchev–Trinajstić information content (AvgIpc) is 2.92. The van der Waals surface area contributed by atoms with Crippen LogP contribution in [0.2, 0.25) is 5.02 Å². The maximum absolute atomic E-state index is 13.0. The molecule has 1 aliphatic rings. The number of aryl methyl sites for hydroxylation is 2. The number of fused-ring (bicyclic) bond motifs is 1. The van der Waals surface area contributed by atoms with Gasteiger partial charge in [-0.2, -0.15) is 0 Å². The van der Waals surface area contributed by atoms with Crippen molar-refractivity contribution in [2.45, 2.75) is 20.0 Å². The van der Waals surface area contributed by atoms with Crippen molar-refractivity contribution in [2.75, 3.05) is 10.2 Å². The normalized spacial score (nSPS) is 15.9. The Hall–Kier alpha value is -2.85. The number of anilines is 2. The van der Waals surface area contributed by atoms with Crippen molar-refractivity contribution in [3.05, 3.63) is 88.1 Å². The van der Waals surface area contributed by atoms with Crippen LogP contribution in [0.25, 0.3) is 0 Å². The number of nitrogens with one attached hydrogen (secondary N) is 1. The summed E-state index contributed by atoms with van der Waals surface area (Å²) in [5.41, 5.74) is 5.01. The highest BCUT2D eigenvalue weighted by molar-refractivity contribution is 6.30.